The standard InChI is InChI=1S/C47H29N3O/c1-4-13-30(14-5-1)31-23-25-32(26-24-31)41-29-42(50-47(49-41)34-17-8-3-9-18-34)38-21-12-20-35-36-27-28-39-43(46(36)51-45(35)38)37-19-10-11-22-40(37)48-44(39)33-15-6-2-7-16-33/h1-29H. The fraction of sp³-hybridized carbons (Fsp3) is 0. The first-order valence-corrected chi connectivity index (χ1v) is 17.1. The molecule has 0 N–H and O–H groups in total. The summed E-state index contributed by atoms with van der Waals surface area (Å²) < 4.78 is 7.02. The Morgan fingerprint density at radius 1 is 0.353 bits per heavy atom. The lowest BCUT2D eigenvalue weighted by Gasteiger charge is -2.10. The highest BCUT2D eigenvalue weighted by Crippen LogP contribution is 2.43. The van der Waals surface area contributed by atoms with Crippen LogP contribution >= 0.6 is 0 Å². The minimum absolute atomic E-state index is 0.665. The summed E-state index contributed by atoms with van der Waals surface area (Å²) in [6.45, 7) is 0. The van der Waals surface area contributed by atoms with Crippen molar-refractivity contribution in [1.29, 1.82) is 0 Å². The van der Waals surface area contributed by atoms with Crippen molar-refractivity contribution in [3.05, 3.63) is 176 Å². The average Bonchev–Trinajstić information content (AvgIpc) is 3.60. The molecule has 0 bridgehead atoms. The zero-order chi connectivity index (χ0) is 33.7. The molecule has 10 aromatic rings. The van der Waals surface area contributed by atoms with Crippen LogP contribution in [0, 0.1) is 0 Å². The van der Waals surface area contributed by atoms with E-state index in [9.17, 15) is 0 Å². The number of rotatable bonds is 5. The van der Waals surface area contributed by atoms with Gasteiger partial charge in [0.1, 0.15) is 11.2 Å². The van der Waals surface area contributed by atoms with Gasteiger partial charge in [0.2, 0.25) is 0 Å². The van der Waals surface area contributed by atoms with E-state index in [1.807, 2.05) is 36.4 Å². The van der Waals surface area contributed by atoms with Crippen molar-refractivity contribution in [3.63, 3.8) is 0 Å². The average molecular weight is 652 g/mol. The first kappa shape index (κ1) is 29.0. The molecule has 0 aliphatic carbocycles. The fourth-order valence-corrected chi connectivity index (χ4v) is 7.22. The van der Waals surface area contributed by atoms with Crippen molar-refractivity contribution in [2.75, 3.05) is 0 Å². The third-order valence-electron chi connectivity index (χ3n) is 9.70. The second-order valence-electron chi connectivity index (χ2n) is 12.8. The topological polar surface area (TPSA) is 51.8 Å². The van der Waals surface area contributed by atoms with Crippen molar-refractivity contribution < 1.29 is 4.42 Å². The minimum Gasteiger partial charge on any atom is -0.455 e. The van der Waals surface area contributed by atoms with E-state index < -0.39 is 0 Å². The molecule has 0 atom stereocenters. The lowest BCUT2D eigenvalue weighted by Crippen LogP contribution is -1.96. The molecular weight excluding hydrogens is 623 g/mol. The molecule has 0 aliphatic rings. The third-order valence-corrected chi connectivity index (χ3v) is 9.70. The summed E-state index contributed by atoms with van der Waals surface area (Å²) in [5, 5.41) is 5.28. The van der Waals surface area contributed by atoms with Gasteiger partial charge in [-0.3, -0.25) is 0 Å². The van der Waals surface area contributed by atoms with E-state index in [-0.39, 0.29) is 0 Å². The number of fused-ring (bicyclic) bond motifs is 7. The predicted molar refractivity (Wildman–Crippen MR) is 209 cm³/mol. The zero-order valence-corrected chi connectivity index (χ0v) is 27.5. The van der Waals surface area contributed by atoms with Gasteiger partial charge in [-0.15, -0.1) is 0 Å². The van der Waals surface area contributed by atoms with E-state index in [0.29, 0.717) is 5.82 Å². The van der Waals surface area contributed by atoms with Crippen LogP contribution in [0.15, 0.2) is 180 Å². The van der Waals surface area contributed by atoms with Crippen LogP contribution in [0.5, 0.6) is 0 Å². The lowest BCUT2D eigenvalue weighted by molar-refractivity contribution is 0.674. The van der Waals surface area contributed by atoms with E-state index in [1.54, 1.807) is 0 Å². The molecule has 4 heteroatoms. The van der Waals surface area contributed by atoms with Gasteiger partial charge in [0.05, 0.1) is 22.6 Å². The smallest absolute Gasteiger partial charge is 0.160 e. The maximum absolute atomic E-state index is 7.02. The Morgan fingerprint density at radius 2 is 0.922 bits per heavy atom. The highest BCUT2D eigenvalue weighted by molar-refractivity contribution is 6.25. The van der Waals surface area contributed by atoms with Crippen LogP contribution in [0.1, 0.15) is 0 Å². The Hall–Kier alpha value is -6.91. The molecule has 0 saturated carbocycles. The van der Waals surface area contributed by atoms with Crippen molar-refractivity contribution in [1.82, 2.24) is 15.0 Å². The number of para-hydroxylation sites is 2. The molecule has 3 heterocycles. The summed E-state index contributed by atoms with van der Waals surface area (Å²) in [7, 11) is 0. The minimum atomic E-state index is 0.665. The van der Waals surface area contributed by atoms with Crippen molar-refractivity contribution in [2.24, 2.45) is 0 Å². The highest BCUT2D eigenvalue weighted by atomic mass is 16.3. The molecule has 51 heavy (non-hydrogen) atoms. The molecule has 0 spiro atoms. The van der Waals surface area contributed by atoms with Gasteiger partial charge in [-0.25, -0.2) is 15.0 Å². The molecule has 0 radical (unpaired) electrons. The molecule has 0 unspecified atom stereocenters. The van der Waals surface area contributed by atoms with Crippen LogP contribution in [-0.2, 0) is 0 Å². The summed E-state index contributed by atoms with van der Waals surface area (Å²) in [6, 6.07) is 60.7. The van der Waals surface area contributed by atoms with E-state index >= 15 is 0 Å². The third kappa shape index (κ3) is 4.96. The molecule has 0 amide bonds. The second kappa shape index (κ2) is 11.9. The molecule has 238 valence electrons. The maximum atomic E-state index is 7.02. The first-order valence-electron chi connectivity index (χ1n) is 17.1. The quantitative estimate of drug-likeness (QED) is 0.174. The number of aromatic nitrogens is 3. The highest BCUT2D eigenvalue weighted by Gasteiger charge is 2.20. The van der Waals surface area contributed by atoms with Gasteiger partial charge >= 0.3 is 0 Å². The van der Waals surface area contributed by atoms with E-state index in [1.165, 1.54) is 5.56 Å². The number of hydrogen-bond acceptors (Lipinski definition) is 4. The van der Waals surface area contributed by atoms with Crippen LogP contribution in [0.25, 0.3) is 99.9 Å². The Bertz CT molecular complexity index is 2880. The van der Waals surface area contributed by atoms with Gasteiger partial charge in [-0.2, -0.15) is 0 Å². The first-order chi connectivity index (χ1) is 25.3. The molecular formula is C47H29N3O. The number of pyridine rings is 1. The van der Waals surface area contributed by atoms with Crippen LogP contribution < -0.4 is 0 Å². The van der Waals surface area contributed by atoms with Gasteiger partial charge in [0.25, 0.3) is 0 Å². The molecule has 4 nitrogen and oxygen atoms in total. The van der Waals surface area contributed by atoms with Crippen molar-refractivity contribution >= 4 is 43.6 Å². The summed E-state index contributed by atoms with van der Waals surface area (Å²) in [5.41, 5.74) is 11.5. The number of furan rings is 1. The summed E-state index contributed by atoms with van der Waals surface area (Å²) in [5.74, 6) is 0.665. The SMILES string of the molecule is c1ccc(-c2ccc(-c3cc(-c4cccc5c4oc4c5ccc5c(-c6ccccc6)nc6ccccc6c54)nc(-c4ccccc4)n3)cc2)cc1. The van der Waals surface area contributed by atoms with E-state index in [4.69, 9.17) is 19.4 Å². The normalized spacial score (nSPS) is 11.5. The Morgan fingerprint density at radius 3 is 1.69 bits per heavy atom. The van der Waals surface area contributed by atoms with Gasteiger partial charge in [-0.05, 0) is 35.4 Å². The zero-order valence-electron chi connectivity index (χ0n) is 27.5. The van der Waals surface area contributed by atoms with Crippen LogP contribution in [0.3, 0.4) is 0 Å². The van der Waals surface area contributed by atoms with Gasteiger partial charge in [0, 0.05) is 49.2 Å². The van der Waals surface area contributed by atoms with Crippen molar-refractivity contribution in [3.8, 4) is 56.3 Å². The molecule has 0 aliphatic heterocycles. The van der Waals surface area contributed by atoms with Crippen LogP contribution in [0.2, 0.25) is 0 Å². The van der Waals surface area contributed by atoms with Gasteiger partial charge in [0.15, 0.2) is 5.82 Å². The molecule has 10 rings (SSSR count). The van der Waals surface area contributed by atoms with Gasteiger partial charge in [-0.1, -0.05) is 152 Å². The van der Waals surface area contributed by atoms with Crippen molar-refractivity contribution in [2.45, 2.75) is 0 Å². The van der Waals surface area contributed by atoms with Gasteiger partial charge < -0.3 is 4.42 Å². The maximum Gasteiger partial charge on any atom is 0.160 e. The number of nitrogens with zero attached hydrogens (tertiary/aromatic N) is 3. The van der Waals surface area contributed by atoms with E-state index in [0.717, 1.165) is 88.5 Å². The van der Waals surface area contributed by atoms with E-state index in [2.05, 4.69) is 140 Å². The largest absolute Gasteiger partial charge is 0.455 e. The second-order valence-corrected chi connectivity index (χ2v) is 12.8. The Balaban J connectivity index is 1.20. The van der Waals surface area contributed by atoms with Crippen LogP contribution in [0.4, 0.5) is 0 Å². The summed E-state index contributed by atoms with van der Waals surface area (Å²) in [6.07, 6.45) is 0. The number of hydrogen-bond donors (Lipinski definition) is 0. The lowest BCUT2D eigenvalue weighted by atomic mass is 9.97. The Kier molecular flexibility index (Phi) is 6.78. The monoisotopic (exact) mass is 651 g/mol. The predicted octanol–water partition coefficient (Wildman–Crippen LogP) is 12.4. The molecule has 0 fully saturated rings. The molecule has 0 saturated heterocycles. The summed E-state index contributed by atoms with van der Waals surface area (Å²) in [4.78, 5) is 15.4. The van der Waals surface area contributed by atoms with Crippen LogP contribution in [-0.4, -0.2) is 15.0 Å². The fourth-order valence-electron chi connectivity index (χ4n) is 7.22. The Labute approximate surface area is 294 Å². The molecule has 7 aromatic carbocycles. The summed E-state index contributed by atoms with van der Waals surface area (Å²) >= 11 is 0. The number of benzene rings is 7. The molecule has 3 aromatic heterocycles.